The van der Waals surface area contributed by atoms with Gasteiger partial charge in [-0.15, -0.1) is 0 Å². The van der Waals surface area contributed by atoms with E-state index in [-0.39, 0.29) is 29.0 Å². The maximum atomic E-state index is 13.3. The quantitative estimate of drug-likeness (QED) is 0.599. The van der Waals surface area contributed by atoms with Crippen molar-refractivity contribution in [3.8, 4) is 5.75 Å². The molecule has 1 aromatic carbocycles. The van der Waals surface area contributed by atoms with Crippen LogP contribution in [0.2, 0.25) is 5.02 Å². The van der Waals surface area contributed by atoms with E-state index in [0.29, 0.717) is 37.6 Å². The molecule has 1 unspecified atom stereocenters. The van der Waals surface area contributed by atoms with Crippen molar-refractivity contribution in [3.05, 3.63) is 34.9 Å². The van der Waals surface area contributed by atoms with Crippen LogP contribution in [-0.4, -0.2) is 44.9 Å². The number of nitrogens with zero attached hydrogens (tertiary/aromatic N) is 1. The summed E-state index contributed by atoms with van der Waals surface area (Å²) in [6.07, 6.45) is 9.22. The molecule has 30 heavy (non-hydrogen) atoms. The number of carbonyl (C=O) groups excluding carboxylic acids is 1. The molecule has 8 heteroatoms. The van der Waals surface area contributed by atoms with Gasteiger partial charge in [0.2, 0.25) is 15.9 Å². The molecule has 166 valence electrons. The van der Waals surface area contributed by atoms with Crippen LogP contribution in [0.3, 0.4) is 0 Å². The number of nitrogens with one attached hydrogen (secondary N) is 1. The molecule has 3 rings (SSSR count). The van der Waals surface area contributed by atoms with Gasteiger partial charge in [-0.25, -0.2) is 8.42 Å². The molecule has 0 aromatic heterocycles. The number of halogens is 1. The number of hydrogen-bond acceptors (Lipinski definition) is 4. The summed E-state index contributed by atoms with van der Waals surface area (Å²) in [6, 6.07) is 4.61. The van der Waals surface area contributed by atoms with Crippen molar-refractivity contribution >= 4 is 27.5 Å². The minimum atomic E-state index is -3.81. The summed E-state index contributed by atoms with van der Waals surface area (Å²) in [5.41, 5.74) is 1.42. The lowest BCUT2D eigenvalue weighted by molar-refractivity contribution is -0.126. The van der Waals surface area contributed by atoms with Gasteiger partial charge in [0.25, 0.3) is 0 Å². The van der Waals surface area contributed by atoms with Gasteiger partial charge in [0.15, 0.2) is 0 Å². The van der Waals surface area contributed by atoms with Crippen molar-refractivity contribution in [2.24, 2.45) is 5.92 Å². The Morgan fingerprint density at radius 3 is 2.87 bits per heavy atom. The summed E-state index contributed by atoms with van der Waals surface area (Å²) >= 11 is 6.06. The van der Waals surface area contributed by atoms with E-state index >= 15 is 0 Å². The third kappa shape index (κ3) is 5.77. The number of sulfonamides is 1. The van der Waals surface area contributed by atoms with Crippen LogP contribution in [-0.2, 0) is 14.8 Å². The Labute approximate surface area is 184 Å². The minimum Gasteiger partial charge on any atom is -0.492 e. The van der Waals surface area contributed by atoms with Crippen LogP contribution in [0.15, 0.2) is 34.7 Å². The molecule has 1 aliphatic heterocycles. The fraction of sp³-hybridized carbons (Fsp3) is 0.591. The van der Waals surface area contributed by atoms with Gasteiger partial charge in [-0.2, -0.15) is 4.31 Å². The number of rotatable bonds is 8. The lowest BCUT2D eigenvalue weighted by Gasteiger charge is -2.31. The molecule has 1 fully saturated rings. The Kier molecular flexibility index (Phi) is 8.20. The lowest BCUT2D eigenvalue weighted by atomic mass is 9.96. The lowest BCUT2D eigenvalue weighted by Crippen LogP contribution is -2.45. The number of ether oxygens (including phenoxy) is 1. The van der Waals surface area contributed by atoms with Crippen molar-refractivity contribution in [3.63, 3.8) is 0 Å². The van der Waals surface area contributed by atoms with Crippen molar-refractivity contribution in [1.29, 1.82) is 0 Å². The average Bonchev–Trinajstić information content (AvgIpc) is 2.76. The summed E-state index contributed by atoms with van der Waals surface area (Å²) in [5, 5.41) is 3.34. The molecular formula is C22H31ClN2O4S. The number of carbonyl (C=O) groups is 1. The van der Waals surface area contributed by atoms with Gasteiger partial charge in [-0.3, -0.25) is 4.79 Å². The SMILES string of the molecule is CCOc1ccc(Cl)cc1S(=O)(=O)N1CCCC(C(=O)NCCC2=CCCCC2)C1. The van der Waals surface area contributed by atoms with E-state index in [1.165, 1.54) is 28.8 Å². The Balaban J connectivity index is 1.64. The van der Waals surface area contributed by atoms with Gasteiger partial charge in [0, 0.05) is 24.7 Å². The maximum Gasteiger partial charge on any atom is 0.246 e. The van der Waals surface area contributed by atoms with Crippen LogP contribution in [0.25, 0.3) is 0 Å². The average molecular weight is 455 g/mol. The van der Waals surface area contributed by atoms with Gasteiger partial charge >= 0.3 is 0 Å². The summed E-state index contributed by atoms with van der Waals surface area (Å²) in [7, 11) is -3.81. The van der Waals surface area contributed by atoms with Crippen LogP contribution < -0.4 is 10.1 Å². The van der Waals surface area contributed by atoms with Gasteiger partial charge in [0.1, 0.15) is 10.6 Å². The zero-order valence-electron chi connectivity index (χ0n) is 17.5. The summed E-state index contributed by atoms with van der Waals surface area (Å²) in [4.78, 5) is 12.7. The van der Waals surface area contributed by atoms with Crippen LogP contribution in [0, 0.1) is 5.92 Å². The van der Waals surface area contributed by atoms with E-state index in [9.17, 15) is 13.2 Å². The second kappa shape index (κ2) is 10.6. The number of amides is 1. The Bertz CT molecular complexity index is 885. The third-order valence-electron chi connectivity index (χ3n) is 5.71. The second-order valence-corrected chi connectivity index (χ2v) is 10.2. The first kappa shape index (κ1) is 23.1. The number of piperidine rings is 1. The molecule has 0 spiro atoms. The van der Waals surface area contributed by atoms with Crippen LogP contribution in [0.5, 0.6) is 5.75 Å². The molecule has 0 radical (unpaired) electrons. The van der Waals surface area contributed by atoms with Gasteiger partial charge < -0.3 is 10.1 Å². The number of hydrogen-bond donors (Lipinski definition) is 1. The van der Waals surface area contributed by atoms with E-state index in [0.717, 1.165) is 19.3 Å². The molecule has 1 aromatic rings. The molecule has 2 aliphatic rings. The van der Waals surface area contributed by atoms with Crippen LogP contribution in [0.1, 0.15) is 51.9 Å². The maximum absolute atomic E-state index is 13.3. The van der Waals surface area contributed by atoms with Crippen LogP contribution in [0.4, 0.5) is 0 Å². The molecule has 1 saturated heterocycles. The van der Waals surface area contributed by atoms with Gasteiger partial charge in [0.05, 0.1) is 12.5 Å². The van der Waals surface area contributed by atoms with Gasteiger partial charge in [-0.1, -0.05) is 23.3 Å². The highest BCUT2D eigenvalue weighted by Gasteiger charge is 2.35. The van der Waals surface area contributed by atoms with Crippen LogP contribution >= 0.6 is 11.6 Å². The molecule has 1 amide bonds. The summed E-state index contributed by atoms with van der Waals surface area (Å²) in [5.74, 6) is -0.125. The van der Waals surface area contributed by atoms with E-state index in [1.54, 1.807) is 19.1 Å². The number of benzene rings is 1. The zero-order valence-corrected chi connectivity index (χ0v) is 19.1. The standard InChI is InChI=1S/C22H31ClN2O4S/c1-2-29-20-11-10-19(23)15-21(20)30(27,28)25-14-6-9-18(16-25)22(26)24-13-12-17-7-4-3-5-8-17/h7,10-11,15,18H,2-6,8-9,12-14,16H2,1H3,(H,24,26). The first-order valence-corrected chi connectivity index (χ1v) is 12.6. The molecule has 1 heterocycles. The van der Waals surface area contributed by atoms with Crippen molar-refractivity contribution < 1.29 is 17.9 Å². The highest BCUT2D eigenvalue weighted by atomic mass is 35.5. The highest BCUT2D eigenvalue weighted by Crippen LogP contribution is 2.32. The van der Waals surface area contributed by atoms with Crippen molar-refractivity contribution in [2.45, 2.75) is 56.8 Å². The Morgan fingerprint density at radius 1 is 1.30 bits per heavy atom. The largest absolute Gasteiger partial charge is 0.492 e. The predicted octanol–water partition coefficient (Wildman–Crippen LogP) is 4.15. The van der Waals surface area contributed by atoms with E-state index in [1.807, 2.05) is 0 Å². The second-order valence-electron chi connectivity index (χ2n) is 7.88. The first-order valence-electron chi connectivity index (χ1n) is 10.8. The molecule has 0 bridgehead atoms. The molecule has 1 N–H and O–H groups in total. The monoisotopic (exact) mass is 454 g/mol. The fourth-order valence-electron chi connectivity index (χ4n) is 4.09. The first-order chi connectivity index (χ1) is 14.4. The Hall–Kier alpha value is -1.57. The van der Waals surface area contributed by atoms with Crippen molar-refractivity contribution in [2.75, 3.05) is 26.2 Å². The van der Waals surface area contributed by atoms with E-state index in [4.69, 9.17) is 16.3 Å². The third-order valence-corrected chi connectivity index (χ3v) is 7.83. The van der Waals surface area contributed by atoms with E-state index in [2.05, 4.69) is 11.4 Å². The molecular weight excluding hydrogens is 424 g/mol. The smallest absolute Gasteiger partial charge is 0.246 e. The molecule has 1 atom stereocenters. The molecule has 6 nitrogen and oxygen atoms in total. The van der Waals surface area contributed by atoms with Crippen molar-refractivity contribution in [1.82, 2.24) is 9.62 Å². The zero-order chi connectivity index (χ0) is 21.6. The Morgan fingerprint density at radius 2 is 2.13 bits per heavy atom. The predicted molar refractivity (Wildman–Crippen MR) is 118 cm³/mol. The van der Waals surface area contributed by atoms with Gasteiger partial charge in [-0.05, 0) is 70.1 Å². The van der Waals surface area contributed by atoms with E-state index < -0.39 is 10.0 Å². The fourth-order valence-corrected chi connectivity index (χ4v) is 6.01. The minimum absolute atomic E-state index is 0.0575. The molecule has 1 aliphatic carbocycles. The topological polar surface area (TPSA) is 75.7 Å². The highest BCUT2D eigenvalue weighted by molar-refractivity contribution is 7.89. The number of allylic oxidation sites excluding steroid dienone is 1. The molecule has 0 saturated carbocycles. The summed E-state index contributed by atoms with van der Waals surface area (Å²) < 4.78 is 33.4. The normalized spacial score (nSPS) is 20.5. The summed E-state index contributed by atoms with van der Waals surface area (Å²) in [6.45, 7) is 3.32.